The fourth-order valence-electron chi connectivity index (χ4n) is 2.91. The van der Waals surface area contributed by atoms with Gasteiger partial charge in [0.1, 0.15) is 10.6 Å². The number of hydrogen-bond acceptors (Lipinski definition) is 5. The molecular formula is C19H21NO4S. The average molecular weight is 359 g/mol. The highest BCUT2D eigenvalue weighted by atomic mass is 32.1. The van der Waals surface area contributed by atoms with Gasteiger partial charge in [-0.25, -0.2) is 4.79 Å². The molecule has 25 heavy (non-hydrogen) atoms. The van der Waals surface area contributed by atoms with Crippen molar-refractivity contribution < 1.29 is 19.1 Å². The Bertz CT molecular complexity index is 732. The van der Waals surface area contributed by atoms with Gasteiger partial charge in [0, 0.05) is 5.56 Å². The molecule has 1 aliphatic carbocycles. The van der Waals surface area contributed by atoms with E-state index < -0.39 is 5.97 Å². The summed E-state index contributed by atoms with van der Waals surface area (Å²) in [6, 6.07) is 8.79. The molecule has 6 heteroatoms. The third kappa shape index (κ3) is 4.39. The number of anilines is 1. The zero-order chi connectivity index (χ0) is 17.6. The van der Waals surface area contributed by atoms with Gasteiger partial charge >= 0.3 is 5.97 Å². The SMILES string of the molecule is COC(=O)c1sccc1NC(=O)c1ccc(OC2CCCCC2)cc1. The standard InChI is InChI=1S/C19H21NO4S/c1-23-19(22)17-16(11-12-25-17)20-18(21)13-7-9-15(10-8-13)24-14-5-3-2-4-6-14/h7-12,14H,2-6H2,1H3,(H,20,21). The van der Waals surface area contributed by atoms with E-state index >= 15 is 0 Å². The van der Waals surface area contributed by atoms with E-state index in [2.05, 4.69) is 5.32 Å². The fraction of sp³-hybridized carbons (Fsp3) is 0.368. The summed E-state index contributed by atoms with van der Waals surface area (Å²) in [6.07, 6.45) is 6.19. The predicted octanol–water partition coefficient (Wildman–Crippen LogP) is 4.50. The maximum absolute atomic E-state index is 12.4. The van der Waals surface area contributed by atoms with E-state index in [0.29, 0.717) is 16.1 Å². The normalized spacial score (nSPS) is 14.8. The van der Waals surface area contributed by atoms with Crippen LogP contribution >= 0.6 is 11.3 Å². The Balaban J connectivity index is 1.63. The molecule has 1 aliphatic rings. The Hall–Kier alpha value is -2.34. The Kier molecular flexibility index (Phi) is 5.71. The number of esters is 1. The summed E-state index contributed by atoms with van der Waals surface area (Å²) in [7, 11) is 1.32. The lowest BCUT2D eigenvalue weighted by molar-refractivity contribution is 0.0607. The van der Waals surface area contributed by atoms with Gasteiger partial charge in [0.2, 0.25) is 0 Å². The molecule has 0 atom stereocenters. The van der Waals surface area contributed by atoms with Crippen LogP contribution in [0.25, 0.3) is 0 Å². The number of thiophene rings is 1. The van der Waals surface area contributed by atoms with Crippen molar-refractivity contribution in [2.75, 3.05) is 12.4 Å². The first-order chi connectivity index (χ1) is 12.2. The quantitative estimate of drug-likeness (QED) is 0.799. The molecule has 0 spiro atoms. The van der Waals surface area contributed by atoms with Crippen molar-refractivity contribution in [3.05, 3.63) is 46.2 Å². The smallest absolute Gasteiger partial charge is 0.350 e. The molecule has 0 aliphatic heterocycles. The topological polar surface area (TPSA) is 64.6 Å². The molecule has 1 heterocycles. The van der Waals surface area contributed by atoms with Gasteiger partial charge in [-0.2, -0.15) is 0 Å². The summed E-state index contributed by atoms with van der Waals surface area (Å²) in [6.45, 7) is 0. The minimum absolute atomic E-state index is 0.271. The van der Waals surface area contributed by atoms with Crippen LogP contribution in [0.15, 0.2) is 35.7 Å². The zero-order valence-corrected chi connectivity index (χ0v) is 14.9. The predicted molar refractivity (Wildman–Crippen MR) is 97.6 cm³/mol. The molecule has 132 valence electrons. The number of carbonyl (C=O) groups excluding carboxylic acids is 2. The lowest BCUT2D eigenvalue weighted by Gasteiger charge is -2.23. The van der Waals surface area contributed by atoms with Crippen LogP contribution in [-0.4, -0.2) is 25.1 Å². The van der Waals surface area contributed by atoms with Crippen LogP contribution in [0.5, 0.6) is 5.75 Å². The summed E-state index contributed by atoms with van der Waals surface area (Å²) >= 11 is 1.23. The van der Waals surface area contributed by atoms with Gasteiger partial charge in [-0.15, -0.1) is 11.3 Å². The van der Waals surface area contributed by atoms with Crippen LogP contribution in [0.1, 0.15) is 52.1 Å². The number of rotatable bonds is 5. The summed E-state index contributed by atoms with van der Waals surface area (Å²) < 4.78 is 10.7. The number of ether oxygens (including phenoxy) is 2. The third-order valence-electron chi connectivity index (χ3n) is 4.26. The highest BCUT2D eigenvalue weighted by molar-refractivity contribution is 7.12. The molecule has 1 N–H and O–H groups in total. The van der Waals surface area contributed by atoms with Gasteiger partial charge < -0.3 is 14.8 Å². The maximum Gasteiger partial charge on any atom is 0.350 e. The average Bonchev–Trinajstić information content (AvgIpc) is 3.10. The molecule has 1 aromatic heterocycles. The molecule has 2 aromatic rings. The van der Waals surface area contributed by atoms with Crippen molar-refractivity contribution in [2.45, 2.75) is 38.2 Å². The van der Waals surface area contributed by atoms with Gasteiger partial charge in [0.05, 0.1) is 18.9 Å². The lowest BCUT2D eigenvalue weighted by atomic mass is 9.98. The van der Waals surface area contributed by atoms with E-state index in [-0.39, 0.29) is 12.0 Å². The van der Waals surface area contributed by atoms with E-state index in [1.165, 1.54) is 37.7 Å². The van der Waals surface area contributed by atoms with Gasteiger partial charge in [0.15, 0.2) is 0 Å². The van der Waals surface area contributed by atoms with Crippen LogP contribution in [0, 0.1) is 0 Å². The van der Waals surface area contributed by atoms with Crippen LogP contribution in [0.2, 0.25) is 0 Å². The Morgan fingerprint density at radius 3 is 2.48 bits per heavy atom. The Morgan fingerprint density at radius 2 is 1.80 bits per heavy atom. The number of nitrogens with one attached hydrogen (secondary N) is 1. The van der Waals surface area contributed by atoms with Crippen molar-refractivity contribution in [3.63, 3.8) is 0 Å². The summed E-state index contributed by atoms with van der Waals surface area (Å²) in [5.41, 5.74) is 0.974. The second kappa shape index (κ2) is 8.16. The number of amides is 1. The van der Waals surface area contributed by atoms with E-state index in [0.717, 1.165) is 18.6 Å². The van der Waals surface area contributed by atoms with Crippen LogP contribution < -0.4 is 10.1 Å². The largest absolute Gasteiger partial charge is 0.490 e. The van der Waals surface area contributed by atoms with Crippen molar-refractivity contribution in [3.8, 4) is 5.75 Å². The minimum atomic E-state index is -0.457. The Morgan fingerprint density at radius 1 is 1.08 bits per heavy atom. The molecule has 1 fully saturated rings. The molecule has 0 radical (unpaired) electrons. The van der Waals surface area contributed by atoms with E-state index in [9.17, 15) is 9.59 Å². The molecule has 1 aromatic carbocycles. The Labute approximate surface area is 151 Å². The van der Waals surface area contributed by atoms with Crippen molar-refractivity contribution >= 4 is 28.9 Å². The minimum Gasteiger partial charge on any atom is -0.490 e. The number of carbonyl (C=O) groups is 2. The molecule has 0 saturated heterocycles. The maximum atomic E-state index is 12.4. The van der Waals surface area contributed by atoms with E-state index in [1.807, 2.05) is 12.1 Å². The van der Waals surface area contributed by atoms with Crippen LogP contribution in [0.3, 0.4) is 0 Å². The van der Waals surface area contributed by atoms with Gasteiger partial charge in [-0.1, -0.05) is 6.42 Å². The summed E-state index contributed by atoms with van der Waals surface area (Å²) in [4.78, 5) is 24.4. The third-order valence-corrected chi connectivity index (χ3v) is 5.15. The van der Waals surface area contributed by atoms with Crippen LogP contribution in [0.4, 0.5) is 5.69 Å². The van der Waals surface area contributed by atoms with Crippen LogP contribution in [-0.2, 0) is 4.74 Å². The summed E-state index contributed by atoms with van der Waals surface area (Å²) in [5, 5.41) is 4.49. The lowest BCUT2D eigenvalue weighted by Crippen LogP contribution is -2.19. The summed E-state index contributed by atoms with van der Waals surface area (Å²) in [5.74, 6) is 0.0588. The first-order valence-electron chi connectivity index (χ1n) is 8.41. The monoisotopic (exact) mass is 359 g/mol. The van der Waals surface area contributed by atoms with Crippen molar-refractivity contribution in [1.82, 2.24) is 0 Å². The van der Waals surface area contributed by atoms with Gasteiger partial charge in [0.25, 0.3) is 5.91 Å². The van der Waals surface area contributed by atoms with E-state index in [1.54, 1.807) is 23.6 Å². The number of methoxy groups -OCH3 is 1. The first-order valence-corrected chi connectivity index (χ1v) is 9.29. The fourth-order valence-corrected chi connectivity index (χ4v) is 3.68. The van der Waals surface area contributed by atoms with Crippen molar-refractivity contribution in [1.29, 1.82) is 0 Å². The molecule has 5 nitrogen and oxygen atoms in total. The first kappa shape index (κ1) is 17.5. The molecule has 0 unspecified atom stereocenters. The highest BCUT2D eigenvalue weighted by Crippen LogP contribution is 2.25. The van der Waals surface area contributed by atoms with Gasteiger partial charge in [-0.05, 0) is 61.4 Å². The highest BCUT2D eigenvalue weighted by Gasteiger charge is 2.17. The number of benzene rings is 1. The molecular weight excluding hydrogens is 338 g/mol. The molecule has 1 amide bonds. The molecule has 3 rings (SSSR count). The number of hydrogen-bond donors (Lipinski definition) is 1. The van der Waals surface area contributed by atoms with E-state index in [4.69, 9.17) is 9.47 Å². The van der Waals surface area contributed by atoms with Crippen molar-refractivity contribution in [2.24, 2.45) is 0 Å². The molecule has 1 saturated carbocycles. The van der Waals surface area contributed by atoms with Gasteiger partial charge in [-0.3, -0.25) is 4.79 Å². The second-order valence-electron chi connectivity index (χ2n) is 6.01. The molecule has 0 bridgehead atoms. The zero-order valence-electron chi connectivity index (χ0n) is 14.1. The second-order valence-corrected chi connectivity index (χ2v) is 6.93.